The lowest BCUT2D eigenvalue weighted by molar-refractivity contribution is -0.144. The predicted molar refractivity (Wildman–Crippen MR) is 57.3 cm³/mol. The molecule has 1 aromatic rings. The van der Waals surface area contributed by atoms with Crippen molar-refractivity contribution >= 4 is 17.6 Å². The number of carbonyl (C=O) groups excluding carboxylic acids is 1. The molecule has 0 saturated heterocycles. The van der Waals surface area contributed by atoms with Gasteiger partial charge in [-0.1, -0.05) is 11.6 Å². The highest BCUT2D eigenvalue weighted by Crippen LogP contribution is 2.29. The van der Waals surface area contributed by atoms with Crippen molar-refractivity contribution in [2.24, 2.45) is 0 Å². The van der Waals surface area contributed by atoms with E-state index in [-0.39, 0.29) is 6.61 Å². The maximum atomic E-state index is 12.5. The van der Waals surface area contributed by atoms with Crippen LogP contribution in [-0.2, 0) is 22.3 Å². The molecular formula is C10H9ClF3NO3. The maximum absolute atomic E-state index is 12.5. The summed E-state index contributed by atoms with van der Waals surface area (Å²) in [6.07, 6.45) is -4.11. The fraction of sp³-hybridized carbons (Fsp3) is 0.400. The van der Waals surface area contributed by atoms with E-state index < -0.39 is 34.8 Å². The van der Waals surface area contributed by atoms with Crippen molar-refractivity contribution in [3.63, 3.8) is 0 Å². The minimum absolute atomic E-state index is 0.0697. The number of hydrogen-bond donors (Lipinski definition) is 0. The number of carbonyl (C=O) groups is 1. The van der Waals surface area contributed by atoms with E-state index in [9.17, 15) is 22.8 Å². The fourth-order valence-electron chi connectivity index (χ4n) is 1.22. The smallest absolute Gasteiger partial charge is 0.417 e. The Balaban J connectivity index is 3.15. The fourth-order valence-corrected chi connectivity index (χ4v) is 1.44. The molecule has 0 aliphatic rings. The van der Waals surface area contributed by atoms with Crippen molar-refractivity contribution in [3.05, 3.63) is 33.2 Å². The number of pyridine rings is 1. The van der Waals surface area contributed by atoms with Crippen LogP contribution in [-0.4, -0.2) is 17.1 Å². The molecule has 0 spiro atoms. The highest BCUT2D eigenvalue weighted by atomic mass is 35.5. The van der Waals surface area contributed by atoms with Crippen molar-refractivity contribution in [2.45, 2.75) is 19.6 Å². The second kappa shape index (κ2) is 5.43. The first-order valence-corrected chi connectivity index (χ1v) is 5.26. The number of halogens is 4. The molecule has 1 heterocycles. The maximum Gasteiger partial charge on any atom is 0.417 e. The van der Waals surface area contributed by atoms with Gasteiger partial charge in [0.25, 0.3) is 5.56 Å². The SMILES string of the molecule is CCOC(=O)Cn1cc(C(F)(F)F)cc(Cl)c1=O. The van der Waals surface area contributed by atoms with Gasteiger partial charge in [0.15, 0.2) is 0 Å². The van der Waals surface area contributed by atoms with Crippen LogP contribution < -0.4 is 5.56 Å². The standard InChI is InChI=1S/C10H9ClF3NO3/c1-2-18-8(16)5-15-4-6(10(12,13)14)3-7(11)9(15)17/h3-4H,2,5H2,1H3. The van der Waals surface area contributed by atoms with E-state index >= 15 is 0 Å². The van der Waals surface area contributed by atoms with Gasteiger partial charge in [-0.25, -0.2) is 0 Å². The zero-order chi connectivity index (χ0) is 13.9. The molecule has 100 valence electrons. The van der Waals surface area contributed by atoms with Gasteiger partial charge < -0.3 is 9.30 Å². The summed E-state index contributed by atoms with van der Waals surface area (Å²) in [5.74, 6) is -0.810. The van der Waals surface area contributed by atoms with Gasteiger partial charge in [-0.05, 0) is 13.0 Å². The van der Waals surface area contributed by atoms with E-state index in [0.29, 0.717) is 16.8 Å². The summed E-state index contributed by atoms with van der Waals surface area (Å²) in [5, 5.41) is -0.603. The number of alkyl halides is 3. The van der Waals surface area contributed by atoms with Crippen LogP contribution in [0.4, 0.5) is 13.2 Å². The number of nitrogens with zero attached hydrogens (tertiary/aromatic N) is 1. The molecule has 0 unspecified atom stereocenters. The third-order valence-electron chi connectivity index (χ3n) is 1.97. The van der Waals surface area contributed by atoms with Gasteiger partial charge in [0.2, 0.25) is 0 Å². The molecule has 0 saturated carbocycles. The number of aromatic nitrogens is 1. The number of esters is 1. The van der Waals surface area contributed by atoms with Crippen molar-refractivity contribution in [1.82, 2.24) is 4.57 Å². The van der Waals surface area contributed by atoms with Crippen LogP contribution in [0.1, 0.15) is 12.5 Å². The number of hydrogen-bond acceptors (Lipinski definition) is 3. The summed E-state index contributed by atoms with van der Waals surface area (Å²) in [6, 6.07) is 0.519. The first-order chi connectivity index (χ1) is 8.25. The van der Waals surface area contributed by atoms with Crippen LogP contribution in [0, 0.1) is 0 Å². The normalized spacial score (nSPS) is 11.4. The van der Waals surface area contributed by atoms with Gasteiger partial charge in [-0.15, -0.1) is 0 Å². The summed E-state index contributed by atoms with van der Waals surface area (Å²) >= 11 is 5.40. The Morgan fingerprint density at radius 2 is 2.11 bits per heavy atom. The molecule has 0 radical (unpaired) electrons. The summed E-state index contributed by atoms with van der Waals surface area (Å²) in [4.78, 5) is 22.6. The lowest BCUT2D eigenvalue weighted by Crippen LogP contribution is -2.27. The van der Waals surface area contributed by atoms with Gasteiger partial charge in [-0.2, -0.15) is 13.2 Å². The molecule has 0 amide bonds. The predicted octanol–water partition coefficient (Wildman–Crippen LogP) is 2.08. The molecule has 1 aromatic heterocycles. The minimum atomic E-state index is -4.65. The zero-order valence-electron chi connectivity index (χ0n) is 9.25. The molecule has 4 nitrogen and oxygen atoms in total. The van der Waals surface area contributed by atoms with Crippen molar-refractivity contribution in [3.8, 4) is 0 Å². The third kappa shape index (κ3) is 3.49. The average Bonchev–Trinajstić information content (AvgIpc) is 2.23. The molecule has 0 N–H and O–H groups in total. The Kier molecular flexibility index (Phi) is 4.39. The van der Waals surface area contributed by atoms with E-state index in [1.165, 1.54) is 0 Å². The molecule has 1 rings (SSSR count). The highest BCUT2D eigenvalue weighted by molar-refractivity contribution is 6.30. The van der Waals surface area contributed by atoms with Crippen LogP contribution in [0.25, 0.3) is 0 Å². The highest BCUT2D eigenvalue weighted by Gasteiger charge is 2.32. The molecular weight excluding hydrogens is 275 g/mol. The second-order valence-corrected chi connectivity index (χ2v) is 3.72. The van der Waals surface area contributed by atoms with Gasteiger partial charge in [0.1, 0.15) is 11.6 Å². The monoisotopic (exact) mass is 283 g/mol. The van der Waals surface area contributed by atoms with E-state index in [1.807, 2.05) is 0 Å². The Morgan fingerprint density at radius 1 is 1.50 bits per heavy atom. The number of ether oxygens (including phenoxy) is 1. The van der Waals surface area contributed by atoms with Crippen LogP contribution in [0.2, 0.25) is 5.02 Å². The summed E-state index contributed by atoms with van der Waals surface area (Å²) in [7, 11) is 0. The molecule has 0 fully saturated rings. The Labute approximate surface area is 105 Å². The zero-order valence-corrected chi connectivity index (χ0v) is 10.0. The largest absolute Gasteiger partial charge is 0.465 e. The quantitative estimate of drug-likeness (QED) is 0.798. The molecule has 0 aromatic carbocycles. The van der Waals surface area contributed by atoms with E-state index in [1.54, 1.807) is 6.92 Å². The topological polar surface area (TPSA) is 48.3 Å². The minimum Gasteiger partial charge on any atom is -0.465 e. The van der Waals surface area contributed by atoms with E-state index in [0.717, 1.165) is 0 Å². The van der Waals surface area contributed by atoms with Gasteiger partial charge >= 0.3 is 12.1 Å². The van der Waals surface area contributed by atoms with Crippen molar-refractivity contribution in [2.75, 3.05) is 6.61 Å². The lowest BCUT2D eigenvalue weighted by Gasteiger charge is -2.11. The molecule has 0 atom stereocenters. The average molecular weight is 284 g/mol. The summed E-state index contributed by atoms with van der Waals surface area (Å²) in [6.45, 7) is 0.996. The second-order valence-electron chi connectivity index (χ2n) is 3.31. The van der Waals surface area contributed by atoms with Crippen LogP contribution in [0.15, 0.2) is 17.1 Å². The molecule has 0 aliphatic carbocycles. The molecule has 0 aliphatic heterocycles. The van der Waals surface area contributed by atoms with Crippen LogP contribution in [0.3, 0.4) is 0 Å². The molecule has 0 bridgehead atoms. The van der Waals surface area contributed by atoms with Gasteiger partial charge in [0.05, 0.1) is 12.2 Å². The molecule has 18 heavy (non-hydrogen) atoms. The summed E-state index contributed by atoms with van der Waals surface area (Å²) < 4.78 is 42.5. The van der Waals surface area contributed by atoms with E-state index in [2.05, 4.69) is 4.74 Å². The Morgan fingerprint density at radius 3 is 2.61 bits per heavy atom. The third-order valence-corrected chi connectivity index (χ3v) is 2.25. The van der Waals surface area contributed by atoms with E-state index in [4.69, 9.17) is 11.6 Å². The summed E-state index contributed by atoms with van der Waals surface area (Å²) in [5.41, 5.74) is -1.98. The first-order valence-electron chi connectivity index (χ1n) is 4.88. The van der Waals surface area contributed by atoms with Gasteiger partial charge in [-0.3, -0.25) is 9.59 Å². The Hall–Kier alpha value is -1.50. The van der Waals surface area contributed by atoms with Crippen molar-refractivity contribution < 1.29 is 22.7 Å². The van der Waals surface area contributed by atoms with Crippen LogP contribution >= 0.6 is 11.6 Å². The lowest BCUT2D eigenvalue weighted by atomic mass is 10.2. The van der Waals surface area contributed by atoms with Crippen LogP contribution in [0.5, 0.6) is 0 Å². The Bertz CT molecular complexity index is 510. The number of rotatable bonds is 3. The van der Waals surface area contributed by atoms with Crippen molar-refractivity contribution in [1.29, 1.82) is 0 Å². The first kappa shape index (κ1) is 14.6. The van der Waals surface area contributed by atoms with Gasteiger partial charge in [0, 0.05) is 6.20 Å². The molecule has 8 heteroatoms.